The molecule has 0 aliphatic rings. The van der Waals surface area contributed by atoms with Crippen LogP contribution in [0.4, 0.5) is 0 Å². The predicted octanol–water partition coefficient (Wildman–Crippen LogP) is 4.88. The molecule has 0 bridgehead atoms. The van der Waals surface area contributed by atoms with Crippen LogP contribution in [0.1, 0.15) is 63.9 Å². The molecule has 0 fully saturated rings. The Morgan fingerprint density at radius 3 is 2.52 bits per heavy atom. The van der Waals surface area contributed by atoms with E-state index in [-0.39, 0.29) is 5.91 Å². The molecule has 0 atom stereocenters. The van der Waals surface area contributed by atoms with Crippen molar-refractivity contribution >= 4 is 34.7 Å². The molecule has 0 aliphatic carbocycles. The van der Waals surface area contributed by atoms with E-state index in [1.54, 1.807) is 6.21 Å². The van der Waals surface area contributed by atoms with Crippen molar-refractivity contribution in [2.24, 2.45) is 5.10 Å². The lowest BCUT2D eigenvalue weighted by Gasteiger charge is -2.01. The summed E-state index contributed by atoms with van der Waals surface area (Å²) in [5.41, 5.74) is 3.62. The van der Waals surface area contributed by atoms with Crippen molar-refractivity contribution in [3.05, 3.63) is 33.4 Å². The second kappa shape index (κ2) is 11.7. The Hall–Kier alpha value is -0.910. The molecular weight excluding hydrogens is 375 g/mol. The highest BCUT2D eigenvalue weighted by Gasteiger charge is 1.99. The average molecular weight is 400 g/mol. The number of nitrogens with zero attached hydrogens (tertiary/aromatic N) is 1. The van der Waals surface area contributed by atoms with Crippen LogP contribution in [0.15, 0.2) is 29.4 Å². The van der Waals surface area contributed by atoms with Gasteiger partial charge in [-0.3, -0.25) is 4.79 Å². The van der Waals surface area contributed by atoms with Crippen molar-refractivity contribution in [3.8, 4) is 0 Å². The molecule has 1 aromatic rings. The Kier molecular flexibility index (Phi) is 10.1. The van der Waals surface area contributed by atoms with Crippen LogP contribution in [0.3, 0.4) is 0 Å². The molecule has 0 aliphatic heterocycles. The van der Waals surface area contributed by atoms with Crippen LogP contribution < -0.4 is 5.43 Å². The lowest BCUT2D eigenvalue weighted by Crippen LogP contribution is -2.17. The molecule has 0 radical (unpaired) electrons. The third-order valence-electron chi connectivity index (χ3n) is 3.31. The van der Waals surface area contributed by atoms with E-state index in [1.165, 1.54) is 32.1 Å². The van der Waals surface area contributed by atoms with Gasteiger partial charge in [0.2, 0.25) is 5.91 Å². The number of carbonyl (C=O) groups excluding carboxylic acids is 1. The monoisotopic (exact) mass is 400 g/mol. The van der Waals surface area contributed by atoms with Crippen LogP contribution in [0.2, 0.25) is 0 Å². The molecule has 116 valence electrons. The summed E-state index contributed by atoms with van der Waals surface area (Å²) < 4.78 is 1.13. The van der Waals surface area contributed by atoms with Gasteiger partial charge in [0.15, 0.2) is 0 Å². The van der Waals surface area contributed by atoms with Gasteiger partial charge in [-0.15, -0.1) is 0 Å². The fourth-order valence-electron chi connectivity index (χ4n) is 2.05. The van der Waals surface area contributed by atoms with E-state index < -0.39 is 0 Å². The molecule has 0 aromatic heterocycles. The summed E-state index contributed by atoms with van der Waals surface area (Å²) in [6.07, 6.45) is 10.8. The zero-order valence-electron chi connectivity index (χ0n) is 12.8. The normalized spacial score (nSPS) is 11.0. The molecule has 0 spiro atoms. The Morgan fingerprint density at radius 2 is 1.81 bits per heavy atom. The number of benzene rings is 1. The number of hydrogen-bond acceptors (Lipinski definition) is 2. The molecule has 21 heavy (non-hydrogen) atoms. The predicted molar refractivity (Wildman–Crippen MR) is 97.5 cm³/mol. The van der Waals surface area contributed by atoms with Crippen LogP contribution in [0.5, 0.6) is 0 Å². The Balaban J connectivity index is 2.10. The largest absolute Gasteiger partial charge is 0.273 e. The van der Waals surface area contributed by atoms with E-state index >= 15 is 0 Å². The maximum absolute atomic E-state index is 11.6. The van der Waals surface area contributed by atoms with Gasteiger partial charge >= 0.3 is 0 Å². The van der Waals surface area contributed by atoms with Gasteiger partial charge in [-0.25, -0.2) is 5.43 Å². The number of amides is 1. The van der Waals surface area contributed by atoms with Crippen LogP contribution >= 0.6 is 22.6 Å². The van der Waals surface area contributed by atoms with Crippen molar-refractivity contribution < 1.29 is 4.79 Å². The Morgan fingerprint density at radius 1 is 1.14 bits per heavy atom. The number of nitrogens with one attached hydrogen (secondary N) is 1. The fourth-order valence-corrected chi connectivity index (χ4v) is 2.58. The van der Waals surface area contributed by atoms with E-state index in [1.807, 2.05) is 24.3 Å². The van der Waals surface area contributed by atoms with Gasteiger partial charge in [0.05, 0.1) is 6.21 Å². The van der Waals surface area contributed by atoms with E-state index in [4.69, 9.17) is 0 Å². The highest BCUT2D eigenvalue weighted by atomic mass is 127. The summed E-state index contributed by atoms with van der Waals surface area (Å²) in [6.45, 7) is 2.22. The van der Waals surface area contributed by atoms with Gasteiger partial charge in [0.25, 0.3) is 0 Å². The second-order valence-corrected chi connectivity index (χ2v) is 6.35. The van der Waals surface area contributed by atoms with E-state index in [0.29, 0.717) is 6.42 Å². The van der Waals surface area contributed by atoms with Crippen molar-refractivity contribution in [2.45, 2.75) is 58.3 Å². The number of halogens is 1. The topological polar surface area (TPSA) is 41.5 Å². The summed E-state index contributed by atoms with van der Waals surface area (Å²) in [7, 11) is 0. The molecule has 1 aromatic carbocycles. The maximum Gasteiger partial charge on any atom is 0.240 e. The van der Waals surface area contributed by atoms with Crippen molar-refractivity contribution in [2.75, 3.05) is 0 Å². The van der Waals surface area contributed by atoms with Crippen LogP contribution in [-0.4, -0.2) is 12.1 Å². The van der Waals surface area contributed by atoms with Crippen molar-refractivity contribution in [3.63, 3.8) is 0 Å². The first-order chi connectivity index (χ1) is 10.2. The third kappa shape index (κ3) is 8.86. The summed E-state index contributed by atoms with van der Waals surface area (Å²) in [5.74, 6) is 0.00532. The summed E-state index contributed by atoms with van der Waals surface area (Å²) in [6, 6.07) is 7.94. The van der Waals surface area contributed by atoms with Gasteiger partial charge in [0.1, 0.15) is 0 Å². The first-order valence-electron chi connectivity index (χ1n) is 7.80. The fraction of sp³-hybridized carbons (Fsp3) is 0.529. The molecule has 0 heterocycles. The lowest BCUT2D eigenvalue weighted by atomic mass is 10.1. The molecule has 0 saturated heterocycles. The van der Waals surface area contributed by atoms with E-state index in [9.17, 15) is 4.79 Å². The third-order valence-corrected chi connectivity index (χ3v) is 4.29. The number of carbonyl (C=O) groups is 1. The molecule has 1 amide bonds. The quantitative estimate of drug-likeness (QED) is 0.259. The number of rotatable bonds is 10. The smallest absolute Gasteiger partial charge is 0.240 e. The standard InChI is InChI=1S/C17H25IN2O/c1-2-3-4-5-6-7-8-13-17(21)20-19-14-15-11-9-10-12-16(15)18/h9-12,14H,2-8,13H2,1H3,(H,20,21). The van der Waals surface area contributed by atoms with Gasteiger partial charge in [-0.05, 0) is 35.1 Å². The second-order valence-electron chi connectivity index (χ2n) is 5.19. The Labute approximate surface area is 141 Å². The minimum atomic E-state index is 0.00532. The van der Waals surface area contributed by atoms with Gasteiger partial charge in [0, 0.05) is 15.6 Å². The summed E-state index contributed by atoms with van der Waals surface area (Å²) in [5, 5.41) is 4.01. The first kappa shape index (κ1) is 18.1. The number of hydrogen-bond donors (Lipinski definition) is 1. The lowest BCUT2D eigenvalue weighted by molar-refractivity contribution is -0.121. The average Bonchev–Trinajstić information content (AvgIpc) is 2.48. The maximum atomic E-state index is 11.6. The molecule has 1 N–H and O–H groups in total. The number of unbranched alkanes of at least 4 members (excludes halogenated alkanes) is 6. The SMILES string of the molecule is CCCCCCCCCC(=O)NN=Cc1ccccc1I. The number of hydrazone groups is 1. The Bertz CT molecular complexity index is 446. The van der Waals surface area contributed by atoms with E-state index in [2.05, 4.69) is 40.0 Å². The molecule has 3 nitrogen and oxygen atoms in total. The van der Waals surface area contributed by atoms with Crippen LogP contribution in [-0.2, 0) is 4.79 Å². The van der Waals surface area contributed by atoms with Crippen LogP contribution in [0, 0.1) is 3.57 Å². The van der Waals surface area contributed by atoms with Gasteiger partial charge in [-0.1, -0.05) is 63.6 Å². The zero-order chi connectivity index (χ0) is 15.3. The molecule has 0 unspecified atom stereocenters. The summed E-state index contributed by atoms with van der Waals surface area (Å²) >= 11 is 2.25. The van der Waals surface area contributed by atoms with Crippen molar-refractivity contribution in [1.82, 2.24) is 5.43 Å². The summed E-state index contributed by atoms with van der Waals surface area (Å²) in [4.78, 5) is 11.6. The van der Waals surface area contributed by atoms with E-state index in [0.717, 1.165) is 22.0 Å². The highest BCUT2D eigenvalue weighted by Crippen LogP contribution is 2.09. The van der Waals surface area contributed by atoms with Crippen molar-refractivity contribution in [1.29, 1.82) is 0 Å². The van der Waals surface area contributed by atoms with Gasteiger partial charge < -0.3 is 0 Å². The zero-order valence-corrected chi connectivity index (χ0v) is 14.9. The van der Waals surface area contributed by atoms with Crippen LogP contribution in [0.25, 0.3) is 0 Å². The minimum absolute atomic E-state index is 0.00532. The highest BCUT2D eigenvalue weighted by molar-refractivity contribution is 14.1. The molecule has 4 heteroatoms. The first-order valence-corrected chi connectivity index (χ1v) is 8.88. The van der Waals surface area contributed by atoms with Gasteiger partial charge in [-0.2, -0.15) is 5.10 Å². The molecule has 0 saturated carbocycles. The minimum Gasteiger partial charge on any atom is -0.273 e. The molecule has 1 rings (SSSR count). The molecular formula is C17H25IN2O.